The molecule has 4 nitrogen and oxygen atoms in total. The normalized spacial score (nSPS) is 17.7. The lowest BCUT2D eigenvalue weighted by atomic mass is 10.2. The first kappa shape index (κ1) is 15.4. The highest BCUT2D eigenvalue weighted by atomic mass is 35.5. The van der Waals surface area contributed by atoms with Crippen molar-refractivity contribution in [3.8, 4) is 0 Å². The van der Waals surface area contributed by atoms with Crippen molar-refractivity contribution in [2.45, 2.75) is 6.04 Å². The fourth-order valence-corrected chi connectivity index (χ4v) is 2.86. The van der Waals surface area contributed by atoms with Crippen LogP contribution in [0.3, 0.4) is 0 Å². The van der Waals surface area contributed by atoms with Crippen molar-refractivity contribution in [1.29, 1.82) is 0 Å². The summed E-state index contributed by atoms with van der Waals surface area (Å²) in [5.74, 6) is -0.281. The van der Waals surface area contributed by atoms with Gasteiger partial charge in [0.15, 0.2) is 0 Å². The van der Waals surface area contributed by atoms with Gasteiger partial charge in [0.1, 0.15) is 6.04 Å². The Bertz CT molecular complexity index is 751. The SMILES string of the molecule is N[C@H]1CN(c2ccc(Cl)c(Cl)c2)c2cccc(Cl)c2NC1=O. The second-order valence-electron chi connectivity index (χ2n) is 4.94. The summed E-state index contributed by atoms with van der Waals surface area (Å²) in [5, 5.41) is 4.11. The van der Waals surface area contributed by atoms with E-state index in [-0.39, 0.29) is 5.91 Å². The maximum absolute atomic E-state index is 12.1. The maximum atomic E-state index is 12.1. The molecule has 0 bridgehead atoms. The third-order valence-corrected chi connectivity index (χ3v) is 4.52. The summed E-state index contributed by atoms with van der Waals surface area (Å²) >= 11 is 18.3. The van der Waals surface area contributed by atoms with E-state index in [4.69, 9.17) is 40.5 Å². The molecule has 1 atom stereocenters. The van der Waals surface area contributed by atoms with Crippen LogP contribution in [0.15, 0.2) is 36.4 Å². The highest BCUT2D eigenvalue weighted by Crippen LogP contribution is 2.40. The Morgan fingerprint density at radius 3 is 2.59 bits per heavy atom. The van der Waals surface area contributed by atoms with Crippen LogP contribution in [0, 0.1) is 0 Å². The minimum Gasteiger partial charge on any atom is -0.338 e. The molecule has 0 aliphatic carbocycles. The summed E-state index contributed by atoms with van der Waals surface area (Å²) in [4.78, 5) is 14.0. The lowest BCUT2D eigenvalue weighted by Crippen LogP contribution is -2.41. The Labute approximate surface area is 142 Å². The summed E-state index contributed by atoms with van der Waals surface area (Å²) in [6.45, 7) is 0.303. The molecule has 3 rings (SSSR count). The van der Waals surface area contributed by atoms with Gasteiger partial charge in [-0.2, -0.15) is 0 Å². The van der Waals surface area contributed by atoms with Crippen LogP contribution >= 0.6 is 34.8 Å². The molecule has 0 saturated heterocycles. The molecule has 1 amide bonds. The van der Waals surface area contributed by atoms with E-state index < -0.39 is 6.04 Å². The molecule has 1 aliphatic heterocycles. The predicted molar refractivity (Wildman–Crippen MR) is 91.5 cm³/mol. The van der Waals surface area contributed by atoms with Crippen LogP contribution in [-0.4, -0.2) is 18.5 Å². The molecular weight excluding hydrogens is 345 g/mol. The van der Waals surface area contributed by atoms with E-state index >= 15 is 0 Å². The zero-order chi connectivity index (χ0) is 15.9. The Balaban J connectivity index is 2.16. The number of anilines is 3. The first-order valence-corrected chi connectivity index (χ1v) is 7.68. The van der Waals surface area contributed by atoms with Crippen LogP contribution in [0.2, 0.25) is 15.1 Å². The second kappa shape index (κ2) is 5.97. The third kappa shape index (κ3) is 2.75. The Hall–Kier alpha value is -1.46. The number of carbonyl (C=O) groups excluding carboxylic acids is 1. The van der Waals surface area contributed by atoms with Gasteiger partial charge >= 0.3 is 0 Å². The van der Waals surface area contributed by atoms with Crippen molar-refractivity contribution in [3.05, 3.63) is 51.5 Å². The summed E-state index contributed by atoms with van der Waals surface area (Å²) < 4.78 is 0. The molecule has 7 heteroatoms. The number of nitrogens with one attached hydrogen (secondary N) is 1. The summed E-state index contributed by atoms with van der Waals surface area (Å²) in [6.07, 6.45) is 0. The van der Waals surface area contributed by atoms with Crippen LogP contribution in [0.1, 0.15) is 0 Å². The van der Waals surface area contributed by atoms with Gasteiger partial charge < -0.3 is 16.0 Å². The zero-order valence-electron chi connectivity index (χ0n) is 11.3. The molecule has 0 radical (unpaired) electrons. The number of halogens is 3. The molecule has 3 N–H and O–H groups in total. The van der Waals surface area contributed by atoms with Crippen LogP contribution in [0.5, 0.6) is 0 Å². The number of hydrogen-bond donors (Lipinski definition) is 2. The molecule has 2 aromatic carbocycles. The average Bonchev–Trinajstić information content (AvgIpc) is 2.61. The van der Waals surface area contributed by atoms with Gasteiger partial charge in [0.25, 0.3) is 0 Å². The first-order chi connectivity index (χ1) is 10.5. The monoisotopic (exact) mass is 355 g/mol. The average molecular weight is 357 g/mol. The quantitative estimate of drug-likeness (QED) is 0.810. The van der Waals surface area contributed by atoms with Crippen molar-refractivity contribution < 1.29 is 4.79 Å². The van der Waals surface area contributed by atoms with Crippen molar-refractivity contribution in [1.82, 2.24) is 0 Å². The minimum absolute atomic E-state index is 0.281. The number of nitrogens with two attached hydrogens (primary N) is 1. The van der Waals surface area contributed by atoms with Crippen LogP contribution in [-0.2, 0) is 4.79 Å². The van der Waals surface area contributed by atoms with Crippen LogP contribution in [0.25, 0.3) is 0 Å². The number of fused-ring (bicyclic) bond motifs is 1. The number of carbonyl (C=O) groups is 1. The number of hydrogen-bond acceptors (Lipinski definition) is 3. The predicted octanol–water partition coefficient (Wildman–Crippen LogP) is 4.06. The van der Waals surface area contributed by atoms with Gasteiger partial charge in [-0.25, -0.2) is 0 Å². The molecule has 1 aliphatic rings. The van der Waals surface area contributed by atoms with Crippen molar-refractivity contribution in [3.63, 3.8) is 0 Å². The van der Waals surface area contributed by atoms with E-state index in [1.165, 1.54) is 0 Å². The maximum Gasteiger partial charge on any atom is 0.243 e. The molecule has 0 spiro atoms. The molecule has 0 unspecified atom stereocenters. The van der Waals surface area contributed by atoms with Gasteiger partial charge in [-0.1, -0.05) is 40.9 Å². The van der Waals surface area contributed by atoms with Crippen LogP contribution in [0.4, 0.5) is 17.1 Å². The van der Waals surface area contributed by atoms with Gasteiger partial charge in [0.2, 0.25) is 5.91 Å². The van der Waals surface area contributed by atoms with E-state index in [9.17, 15) is 4.79 Å². The van der Waals surface area contributed by atoms with Gasteiger partial charge in [-0.3, -0.25) is 4.79 Å². The van der Waals surface area contributed by atoms with E-state index in [0.717, 1.165) is 11.4 Å². The minimum atomic E-state index is -0.696. The second-order valence-corrected chi connectivity index (χ2v) is 6.16. The number of nitrogens with zero attached hydrogens (tertiary/aromatic N) is 1. The van der Waals surface area contributed by atoms with E-state index in [0.29, 0.717) is 27.3 Å². The fraction of sp³-hybridized carbons (Fsp3) is 0.133. The number of rotatable bonds is 1. The summed E-state index contributed by atoms with van der Waals surface area (Å²) in [6, 6.07) is 9.95. The van der Waals surface area contributed by atoms with Gasteiger partial charge in [0, 0.05) is 12.2 Å². The van der Waals surface area contributed by atoms with Crippen LogP contribution < -0.4 is 16.0 Å². The van der Waals surface area contributed by atoms with Gasteiger partial charge in [-0.15, -0.1) is 0 Å². The first-order valence-electron chi connectivity index (χ1n) is 6.55. The molecular formula is C15H12Cl3N3O. The highest BCUT2D eigenvalue weighted by molar-refractivity contribution is 6.42. The molecule has 0 aromatic heterocycles. The Kier molecular flexibility index (Phi) is 4.19. The van der Waals surface area contributed by atoms with Gasteiger partial charge in [-0.05, 0) is 30.3 Å². The third-order valence-electron chi connectivity index (χ3n) is 3.46. The largest absolute Gasteiger partial charge is 0.338 e. The fourth-order valence-electron chi connectivity index (χ4n) is 2.35. The number of para-hydroxylation sites is 1. The standard InChI is InChI=1S/C15H12Cl3N3O/c16-9-5-4-8(6-11(9)18)21-7-12(19)15(22)20-14-10(17)2-1-3-13(14)21/h1-6,12H,7,19H2,(H,20,22)/t12-/m0/s1. The Morgan fingerprint density at radius 2 is 1.86 bits per heavy atom. The molecule has 2 aromatic rings. The molecule has 0 fully saturated rings. The lowest BCUT2D eigenvalue weighted by molar-refractivity contribution is -0.117. The van der Waals surface area contributed by atoms with E-state index in [1.807, 2.05) is 23.1 Å². The van der Waals surface area contributed by atoms with Gasteiger partial charge in [0.05, 0.1) is 26.4 Å². The van der Waals surface area contributed by atoms with E-state index in [1.54, 1.807) is 18.2 Å². The molecule has 114 valence electrons. The Morgan fingerprint density at radius 1 is 1.09 bits per heavy atom. The molecule has 22 heavy (non-hydrogen) atoms. The topological polar surface area (TPSA) is 58.4 Å². The van der Waals surface area contributed by atoms with Crippen molar-refractivity contribution in [2.24, 2.45) is 5.73 Å². The summed E-state index contributed by atoms with van der Waals surface area (Å²) in [7, 11) is 0. The highest BCUT2D eigenvalue weighted by Gasteiger charge is 2.27. The smallest absolute Gasteiger partial charge is 0.243 e. The van der Waals surface area contributed by atoms with Crippen molar-refractivity contribution in [2.75, 3.05) is 16.8 Å². The number of benzene rings is 2. The summed E-state index contributed by atoms with van der Waals surface area (Å²) in [5.41, 5.74) is 8.02. The lowest BCUT2D eigenvalue weighted by Gasteiger charge is -2.26. The number of amides is 1. The molecule has 1 heterocycles. The zero-order valence-corrected chi connectivity index (χ0v) is 13.6. The van der Waals surface area contributed by atoms with E-state index in [2.05, 4.69) is 5.32 Å². The van der Waals surface area contributed by atoms with Crippen molar-refractivity contribution >= 4 is 57.8 Å². The molecule has 0 saturated carbocycles.